The van der Waals surface area contributed by atoms with E-state index in [0.29, 0.717) is 13.0 Å². The molecule has 0 atom stereocenters. The summed E-state index contributed by atoms with van der Waals surface area (Å²) in [4.78, 5) is 20.6. The minimum Gasteiger partial charge on any atom is -0.345 e. The summed E-state index contributed by atoms with van der Waals surface area (Å²) in [5, 5.41) is 7.16. The van der Waals surface area contributed by atoms with Gasteiger partial charge >= 0.3 is 0 Å². The number of nitrogens with zero attached hydrogens (tertiary/aromatic N) is 4. The Morgan fingerprint density at radius 3 is 2.70 bits per heavy atom. The lowest BCUT2D eigenvalue weighted by molar-refractivity contribution is 0.0940. The molecule has 0 aliphatic rings. The quantitative estimate of drug-likeness (QED) is 0.784. The van der Waals surface area contributed by atoms with E-state index in [1.165, 1.54) is 0 Å². The van der Waals surface area contributed by atoms with Gasteiger partial charge in [-0.25, -0.2) is 9.67 Å². The molecule has 23 heavy (non-hydrogen) atoms. The van der Waals surface area contributed by atoms with Gasteiger partial charge in [-0.15, -0.1) is 5.10 Å². The van der Waals surface area contributed by atoms with Gasteiger partial charge in [-0.3, -0.25) is 9.78 Å². The maximum absolute atomic E-state index is 12.3. The van der Waals surface area contributed by atoms with Gasteiger partial charge in [-0.2, -0.15) is 0 Å². The second-order valence-electron chi connectivity index (χ2n) is 5.00. The minimum absolute atomic E-state index is 0.176. The second kappa shape index (κ2) is 6.83. The first-order chi connectivity index (χ1) is 11.3. The van der Waals surface area contributed by atoms with E-state index in [9.17, 15) is 4.79 Å². The molecule has 0 bridgehead atoms. The van der Waals surface area contributed by atoms with E-state index in [0.717, 1.165) is 17.1 Å². The van der Waals surface area contributed by atoms with Gasteiger partial charge in [-0.05, 0) is 23.8 Å². The second-order valence-corrected chi connectivity index (χ2v) is 5.00. The molecule has 1 amide bonds. The Kier molecular flexibility index (Phi) is 4.42. The Hall–Kier alpha value is -3.02. The average Bonchev–Trinajstić information content (AvgIpc) is 3.06. The van der Waals surface area contributed by atoms with Gasteiger partial charge in [0.1, 0.15) is 5.82 Å². The summed E-state index contributed by atoms with van der Waals surface area (Å²) in [6.45, 7) is 2.38. The molecule has 1 aromatic carbocycles. The molecule has 0 saturated heterocycles. The van der Waals surface area contributed by atoms with Crippen LogP contribution in [-0.4, -0.2) is 25.7 Å². The Morgan fingerprint density at radius 2 is 2.00 bits per heavy atom. The smallest absolute Gasteiger partial charge is 0.291 e. The Labute approximate surface area is 134 Å². The standard InChI is InChI=1S/C17H17N5O/c1-2-15-20-16(21-22(15)14-8-4-3-5-9-14)17(23)19-12-13-7-6-10-18-11-13/h3-11H,2,12H2,1H3,(H,19,23). The van der Waals surface area contributed by atoms with Crippen LogP contribution in [0.2, 0.25) is 0 Å². The van der Waals surface area contributed by atoms with Crippen molar-refractivity contribution in [1.29, 1.82) is 0 Å². The van der Waals surface area contributed by atoms with Gasteiger partial charge in [0, 0.05) is 25.4 Å². The zero-order valence-electron chi connectivity index (χ0n) is 12.8. The predicted molar refractivity (Wildman–Crippen MR) is 86.1 cm³/mol. The van der Waals surface area contributed by atoms with Crippen LogP contribution in [-0.2, 0) is 13.0 Å². The van der Waals surface area contributed by atoms with E-state index in [1.54, 1.807) is 17.1 Å². The summed E-state index contributed by atoms with van der Waals surface area (Å²) in [5.74, 6) is 0.635. The number of rotatable bonds is 5. The monoisotopic (exact) mass is 307 g/mol. The molecule has 2 aromatic heterocycles. The molecule has 0 aliphatic carbocycles. The van der Waals surface area contributed by atoms with Gasteiger partial charge in [-0.1, -0.05) is 31.2 Å². The molecule has 0 radical (unpaired) electrons. The lowest BCUT2D eigenvalue weighted by atomic mass is 10.3. The fourth-order valence-electron chi connectivity index (χ4n) is 2.21. The molecule has 1 N–H and O–H groups in total. The molecular weight excluding hydrogens is 290 g/mol. The molecule has 3 rings (SSSR count). The first-order valence-corrected chi connectivity index (χ1v) is 7.46. The largest absolute Gasteiger partial charge is 0.345 e. The normalized spacial score (nSPS) is 10.5. The van der Waals surface area contributed by atoms with E-state index >= 15 is 0 Å². The number of amides is 1. The molecule has 0 fully saturated rings. The van der Waals surface area contributed by atoms with Crippen LogP contribution in [0.3, 0.4) is 0 Å². The number of aryl methyl sites for hydroxylation is 1. The zero-order valence-corrected chi connectivity index (χ0v) is 12.8. The SMILES string of the molecule is CCc1nc(C(=O)NCc2cccnc2)nn1-c1ccccc1. The van der Waals surface area contributed by atoms with Crippen molar-refractivity contribution in [3.05, 3.63) is 72.1 Å². The summed E-state index contributed by atoms with van der Waals surface area (Å²) in [6, 6.07) is 13.4. The van der Waals surface area contributed by atoms with Crippen LogP contribution in [0.15, 0.2) is 54.9 Å². The fourth-order valence-corrected chi connectivity index (χ4v) is 2.21. The van der Waals surface area contributed by atoms with Crippen molar-refractivity contribution < 1.29 is 4.79 Å². The number of carbonyl (C=O) groups excluding carboxylic acids is 1. The van der Waals surface area contributed by atoms with Crippen LogP contribution in [0.5, 0.6) is 0 Å². The molecule has 3 aromatic rings. The molecule has 2 heterocycles. The van der Waals surface area contributed by atoms with Gasteiger partial charge in [0.25, 0.3) is 5.91 Å². The number of benzene rings is 1. The summed E-state index contributed by atoms with van der Waals surface area (Å²) in [7, 11) is 0. The van der Waals surface area contributed by atoms with Crippen LogP contribution in [0.4, 0.5) is 0 Å². The van der Waals surface area contributed by atoms with Crippen molar-refractivity contribution in [1.82, 2.24) is 25.1 Å². The Bertz CT molecular complexity index is 783. The number of nitrogens with one attached hydrogen (secondary N) is 1. The maximum atomic E-state index is 12.3. The molecule has 0 spiro atoms. The van der Waals surface area contributed by atoms with E-state index in [4.69, 9.17) is 0 Å². The number of carbonyl (C=O) groups is 1. The topological polar surface area (TPSA) is 72.7 Å². The van der Waals surface area contributed by atoms with E-state index in [1.807, 2.05) is 49.4 Å². The van der Waals surface area contributed by atoms with Crippen LogP contribution in [0, 0.1) is 0 Å². The third-order valence-electron chi connectivity index (χ3n) is 3.37. The van der Waals surface area contributed by atoms with Crippen molar-refractivity contribution in [2.45, 2.75) is 19.9 Å². The van der Waals surface area contributed by atoms with Gasteiger partial charge in [0.15, 0.2) is 0 Å². The third-order valence-corrected chi connectivity index (χ3v) is 3.37. The molecule has 6 heteroatoms. The van der Waals surface area contributed by atoms with Crippen LogP contribution in [0.25, 0.3) is 5.69 Å². The Balaban J connectivity index is 1.78. The Morgan fingerprint density at radius 1 is 1.17 bits per heavy atom. The number of pyridine rings is 1. The lowest BCUT2D eigenvalue weighted by Crippen LogP contribution is -2.24. The number of hydrogen-bond acceptors (Lipinski definition) is 4. The van der Waals surface area contributed by atoms with Gasteiger partial charge in [0.05, 0.1) is 5.69 Å². The highest BCUT2D eigenvalue weighted by Crippen LogP contribution is 2.10. The first kappa shape index (κ1) is 14.9. The van der Waals surface area contributed by atoms with Gasteiger partial charge in [0.2, 0.25) is 5.82 Å². The summed E-state index contributed by atoms with van der Waals surface area (Å²) < 4.78 is 1.71. The summed E-state index contributed by atoms with van der Waals surface area (Å²) >= 11 is 0. The zero-order chi connectivity index (χ0) is 16.1. The molecule has 0 unspecified atom stereocenters. The van der Waals surface area contributed by atoms with Crippen molar-refractivity contribution in [3.63, 3.8) is 0 Å². The molecule has 116 valence electrons. The fraction of sp³-hybridized carbons (Fsp3) is 0.176. The minimum atomic E-state index is -0.293. The van der Waals surface area contributed by atoms with Gasteiger partial charge < -0.3 is 5.32 Å². The highest BCUT2D eigenvalue weighted by atomic mass is 16.2. The molecule has 0 aliphatic heterocycles. The lowest BCUT2D eigenvalue weighted by Gasteiger charge is -2.03. The summed E-state index contributed by atoms with van der Waals surface area (Å²) in [5.41, 5.74) is 1.82. The van der Waals surface area contributed by atoms with Crippen molar-refractivity contribution in [2.24, 2.45) is 0 Å². The van der Waals surface area contributed by atoms with Crippen molar-refractivity contribution in [2.75, 3.05) is 0 Å². The van der Waals surface area contributed by atoms with E-state index in [2.05, 4.69) is 20.4 Å². The number of hydrogen-bond donors (Lipinski definition) is 1. The predicted octanol–water partition coefficient (Wildman–Crippen LogP) is 2.15. The molecule has 6 nitrogen and oxygen atoms in total. The highest BCUT2D eigenvalue weighted by Gasteiger charge is 2.16. The van der Waals surface area contributed by atoms with Crippen LogP contribution >= 0.6 is 0 Å². The number of aromatic nitrogens is 4. The summed E-state index contributed by atoms with van der Waals surface area (Å²) in [6.07, 6.45) is 4.10. The van der Waals surface area contributed by atoms with Crippen molar-refractivity contribution >= 4 is 5.91 Å². The van der Waals surface area contributed by atoms with Crippen LogP contribution < -0.4 is 5.32 Å². The molecular formula is C17H17N5O. The van der Waals surface area contributed by atoms with Crippen molar-refractivity contribution in [3.8, 4) is 5.69 Å². The number of para-hydroxylation sites is 1. The van der Waals surface area contributed by atoms with E-state index < -0.39 is 0 Å². The molecule has 0 saturated carbocycles. The highest BCUT2D eigenvalue weighted by molar-refractivity contribution is 5.90. The third kappa shape index (κ3) is 3.42. The van der Waals surface area contributed by atoms with Crippen LogP contribution in [0.1, 0.15) is 28.9 Å². The van der Waals surface area contributed by atoms with E-state index in [-0.39, 0.29) is 11.7 Å². The maximum Gasteiger partial charge on any atom is 0.291 e. The average molecular weight is 307 g/mol. The first-order valence-electron chi connectivity index (χ1n) is 7.46.